The van der Waals surface area contributed by atoms with E-state index in [0.717, 1.165) is 11.4 Å². The molecule has 11 aromatic rings. The molecular weight excluding hydrogens is 931 g/mol. The summed E-state index contributed by atoms with van der Waals surface area (Å²) in [6.07, 6.45) is 6.62. The zero-order valence-electron chi connectivity index (χ0n) is 40.6. The molecule has 0 saturated heterocycles. The maximum Gasteiger partial charge on any atom is 0.181 e. The van der Waals surface area contributed by atoms with Gasteiger partial charge in [-0.15, -0.1) is 0 Å². The van der Waals surface area contributed by atoms with Gasteiger partial charge in [0.2, 0.25) is 0 Å². The van der Waals surface area contributed by atoms with Crippen molar-refractivity contribution < 1.29 is 0 Å². The highest BCUT2D eigenvalue weighted by Gasteiger charge is 2.59. The summed E-state index contributed by atoms with van der Waals surface area (Å²) < 4.78 is 0. The van der Waals surface area contributed by atoms with E-state index in [1.807, 2.05) is 17.8 Å². The smallest absolute Gasteiger partial charge is 0.181 e. The molecule has 0 saturated carbocycles. The van der Waals surface area contributed by atoms with Crippen LogP contribution in [0.1, 0.15) is 6.92 Å². The molecule has 346 valence electrons. The molecule has 1 nitrogen and oxygen atoms in total. The Bertz CT molecular complexity index is 3750. The van der Waals surface area contributed by atoms with Gasteiger partial charge in [0.25, 0.3) is 0 Å². The Morgan fingerprint density at radius 3 is 1.37 bits per heavy atom. The molecule has 13 rings (SSSR count). The van der Waals surface area contributed by atoms with Crippen LogP contribution in [0.25, 0.3) is 43.8 Å². The summed E-state index contributed by atoms with van der Waals surface area (Å²) in [6.45, 7) is 6.80. The fraction of sp³-hybridized carbons (Fsp3) is 0.0145. The highest BCUT2D eigenvalue weighted by molar-refractivity contribution is 8.00. The third-order valence-electron chi connectivity index (χ3n) is 15.5. The molecule has 73 heavy (non-hydrogen) atoms. The van der Waals surface area contributed by atoms with E-state index in [1.165, 1.54) is 101 Å². The van der Waals surface area contributed by atoms with E-state index in [2.05, 4.69) is 291 Å². The molecule has 0 radical (unpaired) electrons. The number of benzene rings is 11. The molecule has 0 bridgehead atoms. The minimum atomic E-state index is -3.27. The first kappa shape index (κ1) is 44.7. The zero-order valence-corrected chi connectivity index (χ0v) is 43.4. The molecule has 11 aromatic carbocycles. The topological polar surface area (TPSA) is 3.24 Å². The lowest BCUT2D eigenvalue weighted by Crippen LogP contribution is -2.84. The van der Waals surface area contributed by atoms with Crippen molar-refractivity contribution in [2.75, 3.05) is 4.90 Å². The second-order valence-corrected chi connectivity index (χ2v) is 27.8. The van der Waals surface area contributed by atoms with Gasteiger partial charge in [0.15, 0.2) is 16.1 Å². The number of rotatable bonds is 9. The molecule has 2 aliphatic rings. The predicted octanol–water partition coefficient (Wildman–Crippen LogP) is 14.4. The van der Waals surface area contributed by atoms with Crippen LogP contribution in [0, 0.1) is 0 Å². The Labute approximate surface area is 434 Å². The molecule has 0 fully saturated rings. The number of hydrogen-bond donors (Lipinski definition) is 0. The van der Waals surface area contributed by atoms with Crippen molar-refractivity contribution in [3.8, 4) is 22.3 Å². The van der Waals surface area contributed by atoms with Gasteiger partial charge in [-0.05, 0) is 130 Å². The lowest BCUT2D eigenvalue weighted by Gasteiger charge is -2.52. The molecule has 0 amide bonds. The summed E-state index contributed by atoms with van der Waals surface area (Å²) in [5.74, 6) is 0. The van der Waals surface area contributed by atoms with E-state index in [9.17, 15) is 0 Å². The third kappa shape index (κ3) is 7.04. The first-order valence-corrected chi connectivity index (χ1v) is 30.0. The lowest BCUT2D eigenvalue weighted by atomic mass is 9.97. The van der Waals surface area contributed by atoms with Gasteiger partial charge in [-0.25, -0.2) is 0 Å². The van der Waals surface area contributed by atoms with Crippen molar-refractivity contribution in [2.45, 2.75) is 16.7 Å². The fourth-order valence-corrected chi connectivity index (χ4v) is 27.0. The Balaban J connectivity index is 1.16. The summed E-state index contributed by atoms with van der Waals surface area (Å²) in [4.78, 5) is 5.27. The van der Waals surface area contributed by atoms with E-state index in [4.69, 9.17) is 0 Å². The minimum Gasteiger partial charge on any atom is -0.311 e. The number of fused-ring (bicyclic) bond motifs is 8. The van der Waals surface area contributed by atoms with Crippen molar-refractivity contribution in [2.24, 2.45) is 0 Å². The van der Waals surface area contributed by atoms with Gasteiger partial charge in [-0.2, -0.15) is 0 Å². The van der Waals surface area contributed by atoms with E-state index in [0.29, 0.717) is 0 Å². The fourth-order valence-electron chi connectivity index (χ4n) is 12.5. The number of nitrogens with zero attached hydrogens (tertiary/aromatic N) is 1. The van der Waals surface area contributed by atoms with E-state index in [-0.39, 0.29) is 0 Å². The van der Waals surface area contributed by atoms with Crippen LogP contribution < -0.4 is 36.0 Å². The van der Waals surface area contributed by atoms with Crippen LogP contribution in [-0.2, 0) is 0 Å². The number of allylic oxidation sites excluding steroid dienone is 5. The summed E-state index contributed by atoms with van der Waals surface area (Å²) in [7, 11) is -6.33. The molecule has 0 unspecified atom stereocenters. The highest BCUT2D eigenvalue weighted by Crippen LogP contribution is 2.44. The average molecular weight is 982 g/mol. The monoisotopic (exact) mass is 981 g/mol. The summed E-state index contributed by atoms with van der Waals surface area (Å²) >= 11 is 1.92. The molecule has 4 heteroatoms. The van der Waals surface area contributed by atoms with Crippen LogP contribution in [0.4, 0.5) is 17.1 Å². The quantitative estimate of drug-likeness (QED) is 0.105. The van der Waals surface area contributed by atoms with Crippen molar-refractivity contribution in [1.82, 2.24) is 0 Å². The lowest BCUT2D eigenvalue weighted by molar-refractivity contribution is 1.29. The Hall–Kier alpha value is -8.26. The Morgan fingerprint density at radius 1 is 0.411 bits per heavy atom. The van der Waals surface area contributed by atoms with E-state index >= 15 is 0 Å². The molecule has 2 heterocycles. The van der Waals surface area contributed by atoms with Gasteiger partial charge in [-0.1, -0.05) is 260 Å². The first-order chi connectivity index (χ1) is 36.1. The van der Waals surface area contributed by atoms with Crippen LogP contribution in [0.5, 0.6) is 0 Å². The van der Waals surface area contributed by atoms with Crippen LogP contribution in [0.2, 0.25) is 0 Å². The standard InChI is InChI=1S/C69H51NSSi2/c1-3-4-37-65-49(2)72(66-38-17-15-35-63(66)71-64-36-16-18-39-67(64)72)68-40-21-34-62(69(68)73(65,56-26-7-5-8-27-56)57-28-9-6-10-29-57)70(54-45-41-52(42-46-54)60-32-19-24-50-22-11-13-30-58(50)60)55-47-43-53(44-48-55)61-33-20-25-51-23-12-14-31-59(51)61/h3-48H,1H2,2H3/b37-4-. The van der Waals surface area contributed by atoms with Gasteiger partial charge < -0.3 is 4.90 Å². The summed E-state index contributed by atoms with van der Waals surface area (Å²) in [5.41, 5.74) is 8.24. The Kier molecular flexibility index (Phi) is 11.3. The molecule has 0 aliphatic carbocycles. The molecule has 0 aromatic heterocycles. The second-order valence-electron chi connectivity index (χ2n) is 19.1. The SMILES string of the molecule is C=C/C=C\C1=C(C)[Si]2(c3ccccc3Sc3ccccc32)c2cccc(N(c3ccc(-c4cccc5ccccc45)cc3)c3ccc(-c4cccc5ccccc45)cc3)c2[Si]1(c1ccccc1)c1ccccc1. The van der Waals surface area contributed by atoms with E-state index in [1.54, 1.807) is 0 Å². The molecule has 2 aliphatic heterocycles. The normalized spacial score (nSPS) is 14.2. The maximum absolute atomic E-state index is 4.31. The average Bonchev–Trinajstić information content (AvgIpc) is 3.47. The van der Waals surface area contributed by atoms with Crippen LogP contribution >= 0.6 is 11.8 Å². The van der Waals surface area contributed by atoms with Crippen molar-refractivity contribution in [1.29, 1.82) is 0 Å². The largest absolute Gasteiger partial charge is 0.311 e. The minimum absolute atomic E-state index is 1.10. The summed E-state index contributed by atoms with van der Waals surface area (Å²) in [6, 6.07) is 98.3. The zero-order chi connectivity index (χ0) is 48.9. The van der Waals surface area contributed by atoms with Crippen molar-refractivity contribution in [3.63, 3.8) is 0 Å². The van der Waals surface area contributed by atoms with Gasteiger partial charge >= 0.3 is 0 Å². The second kappa shape index (κ2) is 18.4. The number of anilines is 3. The third-order valence-corrected chi connectivity index (χ3v) is 27.6. The molecular formula is C69H51NSSi2. The Morgan fingerprint density at radius 2 is 0.849 bits per heavy atom. The number of hydrogen-bond acceptors (Lipinski definition) is 2. The first-order valence-electron chi connectivity index (χ1n) is 25.2. The van der Waals surface area contributed by atoms with E-state index < -0.39 is 16.1 Å². The van der Waals surface area contributed by atoms with Gasteiger partial charge in [0.05, 0.1) is 0 Å². The van der Waals surface area contributed by atoms with Crippen LogP contribution in [0.3, 0.4) is 0 Å². The summed E-state index contributed by atoms with van der Waals surface area (Å²) in [5, 5.41) is 16.4. The van der Waals surface area contributed by atoms with Gasteiger partial charge in [0, 0.05) is 26.9 Å². The highest BCUT2D eigenvalue weighted by atomic mass is 32.2. The molecule has 1 spiro atoms. The molecule has 0 N–H and O–H groups in total. The van der Waals surface area contributed by atoms with Crippen LogP contribution in [-0.4, -0.2) is 16.1 Å². The van der Waals surface area contributed by atoms with Crippen LogP contribution in [0.15, 0.2) is 306 Å². The maximum atomic E-state index is 4.31. The molecule has 0 atom stereocenters. The van der Waals surface area contributed by atoms with Crippen molar-refractivity contribution >= 4 is 97.6 Å². The van der Waals surface area contributed by atoms with Gasteiger partial charge in [0.1, 0.15) is 0 Å². The van der Waals surface area contributed by atoms with Gasteiger partial charge in [-0.3, -0.25) is 0 Å². The predicted molar refractivity (Wildman–Crippen MR) is 318 cm³/mol. The van der Waals surface area contributed by atoms with Crippen molar-refractivity contribution in [3.05, 3.63) is 296 Å².